The topological polar surface area (TPSA) is 41.9 Å². The van der Waals surface area contributed by atoms with Crippen LogP contribution in [0.1, 0.15) is 38.5 Å². The fourth-order valence-corrected chi connectivity index (χ4v) is 3.77. The number of hydrogen-bond acceptors (Lipinski definition) is 3. The Morgan fingerprint density at radius 2 is 2.21 bits per heavy atom. The fourth-order valence-electron chi connectivity index (χ4n) is 3.77. The molecule has 106 valence electrons. The first-order chi connectivity index (χ1) is 9.43. The zero-order chi connectivity index (χ0) is 12.9. The normalized spacial score (nSPS) is 31.7. The summed E-state index contributed by atoms with van der Waals surface area (Å²) in [5, 5.41) is 7.52. The van der Waals surface area contributed by atoms with Crippen molar-refractivity contribution in [2.45, 2.75) is 57.2 Å². The molecule has 1 aliphatic carbocycles. The molecule has 2 N–H and O–H groups in total. The van der Waals surface area contributed by atoms with E-state index in [2.05, 4.69) is 20.2 Å². The summed E-state index contributed by atoms with van der Waals surface area (Å²) >= 11 is 0. The van der Waals surface area contributed by atoms with Gasteiger partial charge in [-0.3, -0.25) is 0 Å². The SMILES string of the molecule is c1cn(CCNC2CCCC2C2CCCCN2)cn1. The van der Waals surface area contributed by atoms with Crippen molar-refractivity contribution in [3.05, 3.63) is 18.7 Å². The maximum Gasteiger partial charge on any atom is 0.0946 e. The Bertz CT molecular complexity index is 356. The van der Waals surface area contributed by atoms with Crippen LogP contribution in [0.3, 0.4) is 0 Å². The third-order valence-electron chi connectivity index (χ3n) is 4.77. The van der Waals surface area contributed by atoms with E-state index in [1.54, 1.807) is 0 Å². The second-order valence-corrected chi connectivity index (χ2v) is 6.01. The molecule has 19 heavy (non-hydrogen) atoms. The van der Waals surface area contributed by atoms with E-state index in [4.69, 9.17) is 0 Å². The number of aromatic nitrogens is 2. The van der Waals surface area contributed by atoms with Crippen molar-refractivity contribution in [1.29, 1.82) is 0 Å². The number of hydrogen-bond donors (Lipinski definition) is 2. The molecule has 0 radical (unpaired) electrons. The van der Waals surface area contributed by atoms with Gasteiger partial charge in [0.05, 0.1) is 6.33 Å². The minimum atomic E-state index is 0.721. The average molecular weight is 262 g/mol. The van der Waals surface area contributed by atoms with Gasteiger partial charge in [0, 0.05) is 37.6 Å². The van der Waals surface area contributed by atoms with E-state index < -0.39 is 0 Å². The molecule has 3 rings (SSSR count). The van der Waals surface area contributed by atoms with Crippen molar-refractivity contribution in [3.8, 4) is 0 Å². The van der Waals surface area contributed by atoms with Crippen LogP contribution >= 0.6 is 0 Å². The highest BCUT2D eigenvalue weighted by molar-refractivity contribution is 4.92. The molecule has 1 aromatic rings. The summed E-state index contributed by atoms with van der Waals surface area (Å²) in [6.45, 7) is 3.31. The van der Waals surface area contributed by atoms with Gasteiger partial charge in [-0.2, -0.15) is 0 Å². The van der Waals surface area contributed by atoms with E-state index in [1.807, 2.05) is 18.7 Å². The molecule has 3 atom stereocenters. The molecule has 0 aromatic carbocycles. The first kappa shape index (κ1) is 13.1. The molecule has 2 fully saturated rings. The Balaban J connectivity index is 1.46. The summed E-state index contributed by atoms with van der Waals surface area (Å²) in [5.41, 5.74) is 0. The zero-order valence-electron chi connectivity index (χ0n) is 11.7. The summed E-state index contributed by atoms with van der Waals surface area (Å²) < 4.78 is 2.15. The predicted molar refractivity (Wildman–Crippen MR) is 77.0 cm³/mol. The lowest BCUT2D eigenvalue weighted by atomic mass is 9.88. The van der Waals surface area contributed by atoms with Crippen LogP contribution in [0.15, 0.2) is 18.7 Å². The number of imidazole rings is 1. The molecule has 2 heterocycles. The zero-order valence-corrected chi connectivity index (χ0v) is 11.7. The van der Waals surface area contributed by atoms with Crippen LogP contribution in [0.4, 0.5) is 0 Å². The molecule has 4 nitrogen and oxygen atoms in total. The molecule has 1 aliphatic heterocycles. The smallest absolute Gasteiger partial charge is 0.0946 e. The summed E-state index contributed by atoms with van der Waals surface area (Å²) in [6.07, 6.45) is 14.1. The lowest BCUT2D eigenvalue weighted by molar-refractivity contribution is 0.256. The molecule has 1 saturated heterocycles. The van der Waals surface area contributed by atoms with Crippen LogP contribution in [0.5, 0.6) is 0 Å². The molecule has 4 heteroatoms. The molecule has 1 saturated carbocycles. The first-order valence-corrected chi connectivity index (χ1v) is 7.86. The highest BCUT2D eigenvalue weighted by atomic mass is 15.1. The predicted octanol–water partition coefficient (Wildman–Crippen LogP) is 1.78. The second-order valence-electron chi connectivity index (χ2n) is 6.01. The van der Waals surface area contributed by atoms with Gasteiger partial charge < -0.3 is 15.2 Å². The van der Waals surface area contributed by atoms with Crippen LogP contribution in [-0.2, 0) is 6.54 Å². The van der Waals surface area contributed by atoms with Gasteiger partial charge in [0.25, 0.3) is 0 Å². The van der Waals surface area contributed by atoms with Crippen LogP contribution in [-0.4, -0.2) is 34.7 Å². The third kappa shape index (κ3) is 3.37. The van der Waals surface area contributed by atoms with Crippen LogP contribution in [0.2, 0.25) is 0 Å². The van der Waals surface area contributed by atoms with Gasteiger partial charge in [-0.1, -0.05) is 12.8 Å². The lowest BCUT2D eigenvalue weighted by Crippen LogP contribution is -2.47. The van der Waals surface area contributed by atoms with E-state index in [1.165, 1.54) is 45.1 Å². The number of piperidine rings is 1. The average Bonchev–Trinajstić information content (AvgIpc) is 3.11. The summed E-state index contributed by atoms with van der Waals surface area (Å²) in [5.74, 6) is 0.850. The summed E-state index contributed by atoms with van der Waals surface area (Å²) in [7, 11) is 0. The largest absolute Gasteiger partial charge is 0.336 e. The molecule has 0 spiro atoms. The quantitative estimate of drug-likeness (QED) is 0.850. The Morgan fingerprint density at radius 3 is 3.00 bits per heavy atom. The van der Waals surface area contributed by atoms with Gasteiger partial charge in [0.15, 0.2) is 0 Å². The van der Waals surface area contributed by atoms with E-state index in [0.717, 1.165) is 31.1 Å². The van der Waals surface area contributed by atoms with Gasteiger partial charge in [0.1, 0.15) is 0 Å². The Labute approximate surface area is 116 Å². The van der Waals surface area contributed by atoms with Crippen LogP contribution in [0, 0.1) is 5.92 Å². The number of nitrogens with one attached hydrogen (secondary N) is 2. The maximum absolute atomic E-state index is 4.09. The van der Waals surface area contributed by atoms with Gasteiger partial charge >= 0.3 is 0 Å². The Morgan fingerprint density at radius 1 is 1.21 bits per heavy atom. The minimum Gasteiger partial charge on any atom is -0.336 e. The summed E-state index contributed by atoms with van der Waals surface area (Å²) in [6, 6.07) is 1.49. The van der Waals surface area contributed by atoms with Crippen molar-refractivity contribution < 1.29 is 0 Å². The molecule has 3 unspecified atom stereocenters. The van der Waals surface area contributed by atoms with E-state index >= 15 is 0 Å². The molecule has 1 aromatic heterocycles. The Kier molecular flexibility index (Phi) is 4.51. The molecule has 2 aliphatic rings. The summed E-state index contributed by atoms with van der Waals surface area (Å²) in [4.78, 5) is 4.09. The number of rotatable bonds is 5. The molecule has 0 amide bonds. The first-order valence-electron chi connectivity index (χ1n) is 7.86. The number of nitrogens with zero attached hydrogens (tertiary/aromatic N) is 2. The van der Waals surface area contributed by atoms with Crippen molar-refractivity contribution in [3.63, 3.8) is 0 Å². The second kappa shape index (κ2) is 6.53. The highest BCUT2D eigenvalue weighted by Gasteiger charge is 2.33. The fraction of sp³-hybridized carbons (Fsp3) is 0.800. The Hall–Kier alpha value is -0.870. The molecule has 0 bridgehead atoms. The van der Waals surface area contributed by atoms with Gasteiger partial charge in [-0.05, 0) is 38.1 Å². The monoisotopic (exact) mass is 262 g/mol. The van der Waals surface area contributed by atoms with Crippen LogP contribution in [0.25, 0.3) is 0 Å². The van der Waals surface area contributed by atoms with Crippen molar-refractivity contribution in [2.24, 2.45) is 5.92 Å². The van der Waals surface area contributed by atoms with Crippen molar-refractivity contribution in [2.75, 3.05) is 13.1 Å². The van der Waals surface area contributed by atoms with E-state index in [-0.39, 0.29) is 0 Å². The third-order valence-corrected chi connectivity index (χ3v) is 4.77. The molecular formula is C15H26N4. The lowest BCUT2D eigenvalue weighted by Gasteiger charge is -2.33. The van der Waals surface area contributed by atoms with Gasteiger partial charge in [-0.25, -0.2) is 4.98 Å². The standard InChI is InChI=1S/C15H26N4/c1-2-7-17-14(5-1)13-4-3-6-15(13)18-9-11-19-10-8-16-12-19/h8,10,12-15,17-18H,1-7,9,11H2. The van der Waals surface area contributed by atoms with E-state index in [9.17, 15) is 0 Å². The van der Waals surface area contributed by atoms with Gasteiger partial charge in [0.2, 0.25) is 0 Å². The highest BCUT2D eigenvalue weighted by Crippen LogP contribution is 2.31. The van der Waals surface area contributed by atoms with E-state index in [0.29, 0.717) is 0 Å². The van der Waals surface area contributed by atoms with Crippen molar-refractivity contribution >= 4 is 0 Å². The van der Waals surface area contributed by atoms with Crippen molar-refractivity contribution in [1.82, 2.24) is 20.2 Å². The minimum absolute atomic E-state index is 0.721. The van der Waals surface area contributed by atoms with Gasteiger partial charge in [-0.15, -0.1) is 0 Å². The maximum atomic E-state index is 4.09. The molecular weight excluding hydrogens is 236 g/mol. The van der Waals surface area contributed by atoms with Crippen LogP contribution < -0.4 is 10.6 Å².